The molecule has 0 aliphatic rings. The lowest BCUT2D eigenvalue weighted by Crippen LogP contribution is -2.35. The zero-order valence-electron chi connectivity index (χ0n) is 13.4. The van der Waals surface area contributed by atoms with Gasteiger partial charge in [-0.3, -0.25) is 9.59 Å². The molecule has 0 unspecified atom stereocenters. The standard InChI is InChI=1S/C20H20N2O2/c1-3-15-9-5-7-11-17(15)19(23)21-13-14-22-20(24)18-12-8-6-10-16(18)4-2/h3-12H,1-2,13-14H2,(H,21,23)(H,22,24). The van der Waals surface area contributed by atoms with Crippen molar-refractivity contribution in [2.24, 2.45) is 0 Å². The number of benzene rings is 2. The van der Waals surface area contributed by atoms with Crippen LogP contribution in [0, 0.1) is 0 Å². The number of rotatable bonds is 7. The Bertz CT molecular complexity index is 700. The fraction of sp³-hybridized carbons (Fsp3) is 0.100. The molecule has 24 heavy (non-hydrogen) atoms. The fourth-order valence-electron chi connectivity index (χ4n) is 2.31. The maximum Gasteiger partial charge on any atom is 0.251 e. The first-order valence-electron chi connectivity index (χ1n) is 7.66. The Labute approximate surface area is 141 Å². The van der Waals surface area contributed by atoms with Gasteiger partial charge in [0.05, 0.1) is 0 Å². The Balaban J connectivity index is 1.86. The molecule has 0 aliphatic carbocycles. The van der Waals surface area contributed by atoms with Crippen molar-refractivity contribution >= 4 is 24.0 Å². The van der Waals surface area contributed by atoms with E-state index in [0.717, 1.165) is 11.1 Å². The van der Waals surface area contributed by atoms with Gasteiger partial charge in [-0.2, -0.15) is 0 Å². The van der Waals surface area contributed by atoms with E-state index < -0.39 is 0 Å². The lowest BCUT2D eigenvalue weighted by atomic mass is 10.1. The zero-order valence-corrected chi connectivity index (χ0v) is 13.4. The van der Waals surface area contributed by atoms with Crippen LogP contribution in [-0.2, 0) is 0 Å². The molecule has 0 atom stereocenters. The third kappa shape index (κ3) is 4.20. The molecular weight excluding hydrogens is 300 g/mol. The molecule has 0 fully saturated rings. The van der Waals surface area contributed by atoms with E-state index in [4.69, 9.17) is 0 Å². The van der Waals surface area contributed by atoms with E-state index >= 15 is 0 Å². The van der Waals surface area contributed by atoms with Gasteiger partial charge < -0.3 is 10.6 Å². The monoisotopic (exact) mass is 320 g/mol. The highest BCUT2D eigenvalue weighted by molar-refractivity contribution is 5.98. The molecule has 2 aromatic rings. The molecule has 0 saturated heterocycles. The van der Waals surface area contributed by atoms with Crippen LogP contribution in [0.2, 0.25) is 0 Å². The van der Waals surface area contributed by atoms with Crippen molar-refractivity contribution in [1.29, 1.82) is 0 Å². The summed E-state index contributed by atoms with van der Waals surface area (Å²) < 4.78 is 0. The predicted molar refractivity (Wildman–Crippen MR) is 97.7 cm³/mol. The summed E-state index contributed by atoms with van der Waals surface area (Å²) >= 11 is 0. The number of nitrogens with one attached hydrogen (secondary N) is 2. The summed E-state index contributed by atoms with van der Waals surface area (Å²) in [5.74, 6) is -0.377. The van der Waals surface area contributed by atoms with E-state index in [0.29, 0.717) is 24.2 Å². The Morgan fingerprint density at radius 2 is 1.12 bits per heavy atom. The van der Waals surface area contributed by atoms with Gasteiger partial charge in [0, 0.05) is 24.2 Å². The highest BCUT2D eigenvalue weighted by Crippen LogP contribution is 2.10. The summed E-state index contributed by atoms with van der Waals surface area (Å²) in [7, 11) is 0. The van der Waals surface area contributed by atoms with Gasteiger partial charge in [-0.05, 0) is 23.3 Å². The van der Waals surface area contributed by atoms with Crippen LogP contribution in [-0.4, -0.2) is 24.9 Å². The Morgan fingerprint density at radius 1 is 0.750 bits per heavy atom. The van der Waals surface area contributed by atoms with Gasteiger partial charge in [0.2, 0.25) is 0 Å². The van der Waals surface area contributed by atoms with Crippen LogP contribution >= 0.6 is 0 Å². The average Bonchev–Trinajstić information content (AvgIpc) is 2.64. The van der Waals surface area contributed by atoms with Gasteiger partial charge in [-0.15, -0.1) is 0 Å². The van der Waals surface area contributed by atoms with E-state index in [1.54, 1.807) is 36.4 Å². The van der Waals surface area contributed by atoms with Crippen molar-refractivity contribution in [3.05, 3.63) is 83.9 Å². The number of hydrogen-bond acceptors (Lipinski definition) is 2. The highest BCUT2D eigenvalue weighted by Gasteiger charge is 2.10. The smallest absolute Gasteiger partial charge is 0.251 e. The topological polar surface area (TPSA) is 58.2 Å². The number of hydrogen-bond donors (Lipinski definition) is 2. The van der Waals surface area contributed by atoms with Gasteiger partial charge in [0.15, 0.2) is 0 Å². The largest absolute Gasteiger partial charge is 0.350 e. The predicted octanol–water partition coefficient (Wildman–Crippen LogP) is 3.13. The van der Waals surface area contributed by atoms with Crippen LogP contribution in [0.15, 0.2) is 61.7 Å². The maximum atomic E-state index is 12.2. The van der Waals surface area contributed by atoms with E-state index in [2.05, 4.69) is 23.8 Å². The van der Waals surface area contributed by atoms with Crippen molar-refractivity contribution in [2.45, 2.75) is 0 Å². The molecule has 4 nitrogen and oxygen atoms in total. The van der Waals surface area contributed by atoms with Gasteiger partial charge >= 0.3 is 0 Å². The molecule has 2 rings (SSSR count). The molecule has 0 bridgehead atoms. The van der Waals surface area contributed by atoms with Crippen LogP contribution in [0.1, 0.15) is 31.8 Å². The molecule has 0 aromatic heterocycles. The lowest BCUT2D eigenvalue weighted by molar-refractivity contribution is 0.0927. The molecule has 2 aromatic carbocycles. The summed E-state index contributed by atoms with van der Waals surface area (Å²) in [6, 6.07) is 14.4. The van der Waals surface area contributed by atoms with Crippen molar-refractivity contribution in [3.63, 3.8) is 0 Å². The van der Waals surface area contributed by atoms with Gasteiger partial charge in [-0.1, -0.05) is 61.7 Å². The molecule has 0 spiro atoms. The van der Waals surface area contributed by atoms with Crippen LogP contribution in [0.25, 0.3) is 12.2 Å². The highest BCUT2D eigenvalue weighted by atomic mass is 16.2. The molecule has 2 N–H and O–H groups in total. The summed E-state index contributed by atoms with van der Waals surface area (Å²) in [6.45, 7) is 8.08. The summed E-state index contributed by atoms with van der Waals surface area (Å²) in [5.41, 5.74) is 2.68. The summed E-state index contributed by atoms with van der Waals surface area (Å²) in [6.07, 6.45) is 3.28. The van der Waals surface area contributed by atoms with Gasteiger partial charge in [-0.25, -0.2) is 0 Å². The van der Waals surface area contributed by atoms with E-state index in [-0.39, 0.29) is 11.8 Å². The quantitative estimate of drug-likeness (QED) is 0.770. The lowest BCUT2D eigenvalue weighted by Gasteiger charge is -2.10. The third-order valence-corrected chi connectivity index (χ3v) is 3.55. The SMILES string of the molecule is C=Cc1ccccc1C(=O)NCCNC(=O)c1ccccc1C=C. The van der Waals surface area contributed by atoms with E-state index in [9.17, 15) is 9.59 Å². The summed E-state index contributed by atoms with van der Waals surface area (Å²) in [4.78, 5) is 24.3. The van der Waals surface area contributed by atoms with Crippen LogP contribution in [0.3, 0.4) is 0 Å². The zero-order chi connectivity index (χ0) is 17.4. The molecule has 0 saturated carbocycles. The van der Waals surface area contributed by atoms with Crippen molar-refractivity contribution in [3.8, 4) is 0 Å². The number of carbonyl (C=O) groups is 2. The van der Waals surface area contributed by atoms with Gasteiger partial charge in [0.25, 0.3) is 11.8 Å². The fourth-order valence-corrected chi connectivity index (χ4v) is 2.31. The second kappa shape index (κ2) is 8.48. The van der Waals surface area contributed by atoms with E-state index in [1.165, 1.54) is 0 Å². The van der Waals surface area contributed by atoms with Crippen LogP contribution in [0.5, 0.6) is 0 Å². The van der Waals surface area contributed by atoms with Crippen LogP contribution < -0.4 is 10.6 Å². The molecule has 0 heterocycles. The molecule has 122 valence electrons. The van der Waals surface area contributed by atoms with Crippen LogP contribution in [0.4, 0.5) is 0 Å². The third-order valence-electron chi connectivity index (χ3n) is 3.55. The minimum absolute atomic E-state index is 0.189. The van der Waals surface area contributed by atoms with Crippen molar-refractivity contribution in [1.82, 2.24) is 10.6 Å². The van der Waals surface area contributed by atoms with Gasteiger partial charge in [0.1, 0.15) is 0 Å². The average molecular weight is 320 g/mol. The first kappa shape index (κ1) is 17.2. The Kier molecular flexibility index (Phi) is 6.08. The summed E-state index contributed by atoms with van der Waals surface area (Å²) in [5, 5.41) is 5.58. The molecule has 2 amide bonds. The molecular formula is C20H20N2O2. The molecule has 0 aliphatic heterocycles. The maximum absolute atomic E-state index is 12.2. The second-order valence-electron chi connectivity index (χ2n) is 5.09. The normalized spacial score (nSPS) is 9.83. The molecule has 4 heteroatoms. The Morgan fingerprint density at radius 3 is 1.50 bits per heavy atom. The first-order valence-corrected chi connectivity index (χ1v) is 7.66. The van der Waals surface area contributed by atoms with Crippen molar-refractivity contribution in [2.75, 3.05) is 13.1 Å². The minimum atomic E-state index is -0.189. The minimum Gasteiger partial charge on any atom is -0.350 e. The second-order valence-corrected chi connectivity index (χ2v) is 5.09. The number of amides is 2. The van der Waals surface area contributed by atoms with Crippen molar-refractivity contribution < 1.29 is 9.59 Å². The first-order chi connectivity index (χ1) is 11.7. The molecule has 0 radical (unpaired) electrons. The number of carbonyl (C=O) groups excluding carboxylic acids is 2. The van der Waals surface area contributed by atoms with E-state index in [1.807, 2.05) is 24.3 Å². The Hall–Kier alpha value is -3.14.